The lowest BCUT2D eigenvalue weighted by Crippen LogP contribution is -2.49. The van der Waals surface area contributed by atoms with Crippen molar-refractivity contribution in [3.05, 3.63) is 52.7 Å². The van der Waals surface area contributed by atoms with Crippen LogP contribution in [0.1, 0.15) is 35.0 Å². The Kier molecular flexibility index (Phi) is 4.51. The number of aryl methyl sites for hydroxylation is 1. The van der Waals surface area contributed by atoms with E-state index in [2.05, 4.69) is 22.9 Å². The Morgan fingerprint density at radius 3 is 2.79 bits per heavy atom. The van der Waals surface area contributed by atoms with Gasteiger partial charge in [-0.25, -0.2) is 4.98 Å². The van der Waals surface area contributed by atoms with Gasteiger partial charge in [-0.1, -0.05) is 25.1 Å². The van der Waals surface area contributed by atoms with Crippen molar-refractivity contribution in [2.75, 3.05) is 31.1 Å². The van der Waals surface area contributed by atoms with E-state index in [-0.39, 0.29) is 5.91 Å². The Morgan fingerprint density at radius 1 is 1.18 bits per heavy atom. The summed E-state index contributed by atoms with van der Waals surface area (Å²) < 4.78 is 0. The Balaban J connectivity index is 1.48. The van der Waals surface area contributed by atoms with Gasteiger partial charge >= 0.3 is 0 Å². The summed E-state index contributed by atoms with van der Waals surface area (Å²) in [5.74, 6) is 0.770. The van der Waals surface area contributed by atoms with Crippen molar-refractivity contribution in [3.8, 4) is 0 Å². The van der Waals surface area contributed by atoms with Crippen LogP contribution in [0.5, 0.6) is 0 Å². The molecule has 2 aliphatic rings. The fraction of sp³-hybridized carbons (Fsp3) is 0.409. The van der Waals surface area contributed by atoms with Gasteiger partial charge < -0.3 is 9.80 Å². The van der Waals surface area contributed by atoms with Gasteiger partial charge in [0.05, 0.1) is 11.1 Å². The lowest BCUT2D eigenvalue weighted by Gasteiger charge is -2.35. The molecule has 144 valence electrons. The molecule has 1 unspecified atom stereocenters. The van der Waals surface area contributed by atoms with Gasteiger partial charge in [0.2, 0.25) is 0 Å². The minimum Gasteiger partial charge on any atom is -0.345 e. The molecule has 1 saturated heterocycles. The van der Waals surface area contributed by atoms with Crippen molar-refractivity contribution in [2.24, 2.45) is 5.92 Å². The minimum absolute atomic E-state index is 0.169. The number of piperazine rings is 1. The number of hydrogen-bond acceptors (Lipinski definition) is 5. The summed E-state index contributed by atoms with van der Waals surface area (Å²) in [6, 6.07) is 8.11. The number of carbonyl (C=O) groups excluding carboxylic acids is 1. The zero-order chi connectivity index (χ0) is 19.1. The van der Waals surface area contributed by atoms with Gasteiger partial charge in [-0.2, -0.15) is 0 Å². The van der Waals surface area contributed by atoms with Gasteiger partial charge in [-0.05, 0) is 36.8 Å². The zero-order valence-electron chi connectivity index (χ0n) is 16.1. The predicted molar refractivity (Wildman–Crippen MR) is 113 cm³/mol. The number of fused-ring (bicyclic) bond motifs is 2. The van der Waals surface area contributed by atoms with Crippen LogP contribution in [-0.4, -0.2) is 47.0 Å². The van der Waals surface area contributed by atoms with Crippen LogP contribution in [0, 0.1) is 5.92 Å². The van der Waals surface area contributed by atoms with E-state index < -0.39 is 0 Å². The lowest BCUT2D eigenvalue weighted by molar-refractivity contribution is 0.0747. The molecule has 3 aromatic rings. The average Bonchev–Trinajstić information content (AvgIpc) is 3.27. The van der Waals surface area contributed by atoms with E-state index in [1.54, 1.807) is 11.3 Å². The number of carbonyl (C=O) groups is 1. The summed E-state index contributed by atoms with van der Waals surface area (Å²) in [7, 11) is 0. The smallest absolute Gasteiger partial charge is 0.255 e. The second kappa shape index (κ2) is 7.17. The first-order valence-corrected chi connectivity index (χ1v) is 10.9. The summed E-state index contributed by atoms with van der Waals surface area (Å²) >= 11 is 1.66. The fourth-order valence-electron chi connectivity index (χ4n) is 4.44. The Labute approximate surface area is 169 Å². The summed E-state index contributed by atoms with van der Waals surface area (Å²) in [6.07, 6.45) is 4.92. The minimum atomic E-state index is 0.169. The van der Waals surface area contributed by atoms with Crippen molar-refractivity contribution in [2.45, 2.75) is 26.2 Å². The molecule has 0 spiro atoms. The van der Waals surface area contributed by atoms with Crippen LogP contribution in [0.25, 0.3) is 10.9 Å². The molecular formula is C22H24N4OS. The summed E-state index contributed by atoms with van der Waals surface area (Å²) in [5.41, 5.74) is 4.15. The van der Waals surface area contributed by atoms with Gasteiger partial charge in [0.15, 0.2) is 5.13 Å². The standard InChI is InChI=1S/C22H24N4OS/c1-15-6-7-19-17(14-15)20(16-4-2-3-5-18(16)24-19)21(27)25-9-11-26(12-10-25)22-23-8-13-28-22/h2-5,8,13,15H,6-7,9-12,14H2,1H3. The molecule has 1 fully saturated rings. The van der Waals surface area contributed by atoms with Crippen LogP contribution >= 0.6 is 11.3 Å². The molecule has 1 aliphatic carbocycles. The Morgan fingerprint density at radius 2 is 2.00 bits per heavy atom. The van der Waals surface area contributed by atoms with Gasteiger partial charge in [0.25, 0.3) is 5.91 Å². The van der Waals surface area contributed by atoms with Crippen LogP contribution < -0.4 is 4.90 Å². The summed E-state index contributed by atoms with van der Waals surface area (Å²) in [6.45, 7) is 5.42. The molecule has 5 nitrogen and oxygen atoms in total. The zero-order valence-corrected chi connectivity index (χ0v) is 16.9. The first kappa shape index (κ1) is 17.6. The van der Waals surface area contributed by atoms with Crippen molar-refractivity contribution in [1.82, 2.24) is 14.9 Å². The number of pyridine rings is 1. The highest BCUT2D eigenvalue weighted by molar-refractivity contribution is 7.13. The molecule has 1 atom stereocenters. The maximum atomic E-state index is 13.7. The van der Waals surface area contributed by atoms with Gasteiger partial charge in [0, 0.05) is 48.8 Å². The average molecular weight is 393 g/mol. The molecule has 1 aliphatic heterocycles. The Hall–Kier alpha value is -2.47. The number of thiazole rings is 1. The number of benzene rings is 1. The normalized spacial score (nSPS) is 19.7. The second-order valence-corrected chi connectivity index (χ2v) is 8.74. The van der Waals surface area contributed by atoms with E-state index in [0.29, 0.717) is 5.92 Å². The quantitative estimate of drug-likeness (QED) is 0.666. The van der Waals surface area contributed by atoms with E-state index in [1.807, 2.05) is 34.7 Å². The number of anilines is 1. The maximum Gasteiger partial charge on any atom is 0.255 e. The van der Waals surface area contributed by atoms with Gasteiger partial charge in [-0.15, -0.1) is 11.3 Å². The van der Waals surface area contributed by atoms with Crippen molar-refractivity contribution < 1.29 is 4.79 Å². The fourth-order valence-corrected chi connectivity index (χ4v) is 5.13. The molecule has 3 heterocycles. The van der Waals surface area contributed by atoms with Gasteiger partial charge in [-0.3, -0.25) is 9.78 Å². The topological polar surface area (TPSA) is 49.3 Å². The number of nitrogens with zero attached hydrogens (tertiary/aromatic N) is 4. The van der Waals surface area contributed by atoms with E-state index in [1.165, 1.54) is 5.56 Å². The van der Waals surface area contributed by atoms with Crippen molar-refractivity contribution in [1.29, 1.82) is 0 Å². The van der Waals surface area contributed by atoms with E-state index >= 15 is 0 Å². The number of hydrogen-bond donors (Lipinski definition) is 0. The molecule has 1 amide bonds. The van der Waals surface area contributed by atoms with Gasteiger partial charge in [0.1, 0.15) is 0 Å². The SMILES string of the molecule is CC1CCc2nc3ccccc3c(C(=O)N3CCN(c4nccs4)CC3)c2C1. The summed E-state index contributed by atoms with van der Waals surface area (Å²) in [5, 5.41) is 4.05. The van der Waals surface area contributed by atoms with Crippen LogP contribution in [0.15, 0.2) is 35.8 Å². The van der Waals surface area contributed by atoms with Crippen molar-refractivity contribution in [3.63, 3.8) is 0 Å². The second-order valence-electron chi connectivity index (χ2n) is 7.87. The van der Waals surface area contributed by atoms with E-state index in [9.17, 15) is 4.79 Å². The predicted octanol–water partition coefficient (Wildman–Crippen LogP) is 3.78. The molecule has 0 N–H and O–H groups in total. The molecule has 28 heavy (non-hydrogen) atoms. The van der Waals surface area contributed by atoms with Crippen LogP contribution in [-0.2, 0) is 12.8 Å². The number of rotatable bonds is 2. The molecule has 0 radical (unpaired) electrons. The highest BCUT2D eigenvalue weighted by atomic mass is 32.1. The Bertz CT molecular complexity index is 1010. The van der Waals surface area contributed by atoms with Crippen LogP contribution in [0.4, 0.5) is 5.13 Å². The molecule has 1 aromatic carbocycles. The van der Waals surface area contributed by atoms with Crippen molar-refractivity contribution >= 4 is 33.3 Å². The molecule has 5 rings (SSSR count). The third kappa shape index (κ3) is 3.05. The number of aromatic nitrogens is 2. The highest BCUT2D eigenvalue weighted by Crippen LogP contribution is 2.32. The van der Waals surface area contributed by atoms with E-state index in [0.717, 1.165) is 72.7 Å². The lowest BCUT2D eigenvalue weighted by atomic mass is 9.83. The molecule has 2 aromatic heterocycles. The number of para-hydroxylation sites is 1. The molecule has 0 saturated carbocycles. The van der Waals surface area contributed by atoms with E-state index in [4.69, 9.17) is 4.98 Å². The summed E-state index contributed by atoms with van der Waals surface area (Å²) in [4.78, 5) is 27.3. The molecular weight excluding hydrogens is 368 g/mol. The number of amides is 1. The first-order chi connectivity index (χ1) is 13.7. The van der Waals surface area contributed by atoms with Crippen LogP contribution in [0.3, 0.4) is 0 Å². The molecule has 0 bridgehead atoms. The van der Waals surface area contributed by atoms with Crippen LogP contribution in [0.2, 0.25) is 0 Å². The first-order valence-electron chi connectivity index (χ1n) is 10.0. The molecule has 6 heteroatoms. The monoisotopic (exact) mass is 392 g/mol. The largest absolute Gasteiger partial charge is 0.345 e. The third-order valence-electron chi connectivity index (χ3n) is 5.98. The highest BCUT2D eigenvalue weighted by Gasteiger charge is 2.29. The maximum absolute atomic E-state index is 13.7. The third-order valence-corrected chi connectivity index (χ3v) is 6.81.